The first-order valence-electron chi connectivity index (χ1n) is 8.12. The van der Waals surface area contributed by atoms with E-state index < -0.39 is 0 Å². The molecule has 0 aliphatic rings. The Morgan fingerprint density at radius 2 is 1.52 bits per heavy atom. The van der Waals surface area contributed by atoms with E-state index in [1.807, 2.05) is 48.5 Å². The lowest BCUT2D eigenvalue weighted by atomic mass is 10.0. The maximum Gasteiger partial charge on any atom is 0.307 e. The fourth-order valence-electron chi connectivity index (χ4n) is 2.36. The van der Waals surface area contributed by atoms with Gasteiger partial charge in [0.25, 0.3) is 0 Å². The summed E-state index contributed by atoms with van der Waals surface area (Å²) in [7, 11) is 0. The van der Waals surface area contributed by atoms with Crippen molar-refractivity contribution in [2.24, 2.45) is 5.92 Å². The summed E-state index contributed by atoms with van der Waals surface area (Å²) >= 11 is 0. The van der Waals surface area contributed by atoms with Crippen LogP contribution in [0.2, 0.25) is 0 Å². The van der Waals surface area contributed by atoms with Crippen molar-refractivity contribution < 1.29 is 9.53 Å². The van der Waals surface area contributed by atoms with Gasteiger partial charge in [-0.15, -0.1) is 0 Å². The second kappa shape index (κ2) is 9.11. The minimum Gasteiger partial charge on any atom is -0.461 e. The molecule has 0 amide bonds. The van der Waals surface area contributed by atoms with Gasteiger partial charge in [0.05, 0.1) is 6.42 Å². The average Bonchev–Trinajstić information content (AvgIpc) is 2.58. The smallest absolute Gasteiger partial charge is 0.307 e. The molecule has 1 N–H and O–H groups in total. The van der Waals surface area contributed by atoms with Gasteiger partial charge in [-0.3, -0.25) is 4.79 Å². The van der Waals surface area contributed by atoms with E-state index in [4.69, 9.17) is 4.74 Å². The lowest BCUT2D eigenvalue weighted by Gasteiger charge is -2.21. The Bertz CT molecular complexity index is 581. The number of esters is 1. The van der Waals surface area contributed by atoms with Gasteiger partial charge in [-0.05, 0) is 17.0 Å². The molecule has 0 saturated heterocycles. The fourth-order valence-corrected chi connectivity index (χ4v) is 2.36. The minimum atomic E-state index is -0.159. The van der Waals surface area contributed by atoms with E-state index in [1.165, 1.54) is 5.56 Å². The standard InChI is InChI=1S/C20H25NO2/c1-16(2)19(21-14-17-9-5-3-6-10-17)13-20(22)23-15-18-11-7-4-8-12-18/h3-12,16,19,21H,13-15H2,1-2H3. The van der Waals surface area contributed by atoms with E-state index in [9.17, 15) is 4.79 Å². The van der Waals surface area contributed by atoms with Crippen LogP contribution in [0, 0.1) is 5.92 Å². The van der Waals surface area contributed by atoms with Crippen LogP contribution in [0.15, 0.2) is 60.7 Å². The maximum absolute atomic E-state index is 12.1. The zero-order valence-corrected chi connectivity index (χ0v) is 13.9. The van der Waals surface area contributed by atoms with Crippen molar-refractivity contribution in [2.45, 2.75) is 39.5 Å². The van der Waals surface area contributed by atoms with Gasteiger partial charge in [-0.1, -0.05) is 74.5 Å². The van der Waals surface area contributed by atoms with Gasteiger partial charge in [0.2, 0.25) is 0 Å². The van der Waals surface area contributed by atoms with Crippen LogP contribution in [0.3, 0.4) is 0 Å². The number of ether oxygens (including phenoxy) is 1. The number of nitrogens with one attached hydrogen (secondary N) is 1. The average molecular weight is 311 g/mol. The molecule has 0 aromatic heterocycles. The van der Waals surface area contributed by atoms with Crippen LogP contribution >= 0.6 is 0 Å². The van der Waals surface area contributed by atoms with E-state index in [0.29, 0.717) is 18.9 Å². The molecule has 2 aromatic rings. The van der Waals surface area contributed by atoms with E-state index in [1.54, 1.807) is 0 Å². The highest BCUT2D eigenvalue weighted by molar-refractivity contribution is 5.70. The molecule has 0 bridgehead atoms. The van der Waals surface area contributed by atoms with E-state index in [-0.39, 0.29) is 12.0 Å². The molecule has 122 valence electrons. The van der Waals surface area contributed by atoms with E-state index in [0.717, 1.165) is 12.1 Å². The van der Waals surface area contributed by atoms with Crippen LogP contribution in [0.1, 0.15) is 31.4 Å². The second-order valence-electron chi connectivity index (χ2n) is 6.07. The quantitative estimate of drug-likeness (QED) is 0.751. The normalized spacial score (nSPS) is 12.1. The third-order valence-electron chi connectivity index (χ3n) is 3.85. The Morgan fingerprint density at radius 1 is 0.957 bits per heavy atom. The van der Waals surface area contributed by atoms with Gasteiger partial charge in [0.15, 0.2) is 0 Å². The predicted octanol–water partition coefficient (Wildman–Crippen LogP) is 3.93. The molecule has 0 saturated carbocycles. The van der Waals surface area contributed by atoms with Gasteiger partial charge in [0.1, 0.15) is 6.61 Å². The summed E-state index contributed by atoms with van der Waals surface area (Å²) in [6, 6.07) is 20.1. The van der Waals surface area contributed by atoms with Gasteiger partial charge in [-0.25, -0.2) is 0 Å². The molecule has 2 aromatic carbocycles. The Morgan fingerprint density at radius 3 is 2.09 bits per heavy atom. The first-order valence-corrected chi connectivity index (χ1v) is 8.12. The molecule has 0 heterocycles. The first kappa shape index (κ1) is 17.2. The predicted molar refractivity (Wildman–Crippen MR) is 92.8 cm³/mol. The highest BCUT2D eigenvalue weighted by Gasteiger charge is 2.18. The first-order chi connectivity index (χ1) is 11.1. The van der Waals surface area contributed by atoms with Crippen LogP contribution < -0.4 is 5.32 Å². The van der Waals surface area contributed by atoms with Crippen LogP contribution in [-0.2, 0) is 22.7 Å². The summed E-state index contributed by atoms with van der Waals surface area (Å²) in [4.78, 5) is 12.1. The second-order valence-corrected chi connectivity index (χ2v) is 6.07. The van der Waals surface area contributed by atoms with E-state index in [2.05, 4.69) is 31.3 Å². The Kier molecular flexibility index (Phi) is 6.82. The molecule has 3 nitrogen and oxygen atoms in total. The summed E-state index contributed by atoms with van der Waals surface area (Å²) in [5.74, 6) is 0.205. The Hall–Kier alpha value is -2.13. The third-order valence-corrected chi connectivity index (χ3v) is 3.85. The SMILES string of the molecule is CC(C)C(CC(=O)OCc1ccccc1)NCc1ccccc1. The number of hydrogen-bond donors (Lipinski definition) is 1. The maximum atomic E-state index is 12.1. The highest BCUT2D eigenvalue weighted by atomic mass is 16.5. The number of carbonyl (C=O) groups is 1. The molecule has 0 spiro atoms. The summed E-state index contributed by atoms with van der Waals surface area (Å²) in [6.07, 6.45) is 0.386. The van der Waals surface area contributed by atoms with Crippen molar-refractivity contribution in [3.05, 3.63) is 71.8 Å². The molecule has 1 unspecified atom stereocenters. The largest absolute Gasteiger partial charge is 0.461 e. The molecule has 2 rings (SSSR count). The molecular weight excluding hydrogens is 286 g/mol. The summed E-state index contributed by atoms with van der Waals surface area (Å²) in [6.45, 7) is 5.33. The van der Waals surface area contributed by atoms with Crippen LogP contribution in [0.4, 0.5) is 0 Å². The molecule has 0 fully saturated rings. The lowest BCUT2D eigenvalue weighted by Crippen LogP contribution is -2.35. The van der Waals surface area contributed by atoms with Gasteiger partial charge < -0.3 is 10.1 Å². The Balaban J connectivity index is 1.80. The summed E-state index contributed by atoms with van der Waals surface area (Å²) in [5, 5.41) is 3.46. The number of carbonyl (C=O) groups excluding carboxylic acids is 1. The zero-order chi connectivity index (χ0) is 16.5. The highest BCUT2D eigenvalue weighted by Crippen LogP contribution is 2.10. The van der Waals surface area contributed by atoms with Crippen LogP contribution in [-0.4, -0.2) is 12.0 Å². The lowest BCUT2D eigenvalue weighted by molar-refractivity contribution is -0.145. The molecule has 0 aliphatic carbocycles. The molecule has 23 heavy (non-hydrogen) atoms. The van der Waals surface area contributed by atoms with Crippen molar-refractivity contribution >= 4 is 5.97 Å². The molecule has 1 atom stereocenters. The van der Waals surface area contributed by atoms with Crippen LogP contribution in [0.25, 0.3) is 0 Å². The van der Waals surface area contributed by atoms with Gasteiger partial charge in [0, 0.05) is 12.6 Å². The van der Waals surface area contributed by atoms with Gasteiger partial charge >= 0.3 is 5.97 Å². The van der Waals surface area contributed by atoms with Crippen molar-refractivity contribution in [3.63, 3.8) is 0 Å². The number of benzene rings is 2. The molecular formula is C20H25NO2. The van der Waals surface area contributed by atoms with Crippen LogP contribution in [0.5, 0.6) is 0 Å². The molecule has 3 heteroatoms. The fraction of sp³-hybridized carbons (Fsp3) is 0.350. The van der Waals surface area contributed by atoms with Crippen molar-refractivity contribution in [3.8, 4) is 0 Å². The van der Waals surface area contributed by atoms with Gasteiger partial charge in [-0.2, -0.15) is 0 Å². The number of rotatable bonds is 8. The topological polar surface area (TPSA) is 38.3 Å². The monoisotopic (exact) mass is 311 g/mol. The van der Waals surface area contributed by atoms with Crippen molar-refractivity contribution in [1.82, 2.24) is 5.32 Å². The number of hydrogen-bond acceptors (Lipinski definition) is 3. The minimum absolute atomic E-state index is 0.110. The summed E-state index contributed by atoms with van der Waals surface area (Å²) in [5.41, 5.74) is 2.23. The van der Waals surface area contributed by atoms with Crippen molar-refractivity contribution in [1.29, 1.82) is 0 Å². The van der Waals surface area contributed by atoms with E-state index >= 15 is 0 Å². The Labute approximate surface area is 138 Å². The van der Waals surface area contributed by atoms with Crippen molar-refractivity contribution in [2.75, 3.05) is 0 Å². The molecule has 0 aliphatic heterocycles. The summed E-state index contributed by atoms with van der Waals surface area (Å²) < 4.78 is 5.38. The zero-order valence-electron chi connectivity index (χ0n) is 13.9. The molecule has 0 radical (unpaired) electrons. The third kappa shape index (κ3) is 6.25.